The minimum Gasteiger partial charge on any atom is -0.497 e. The first-order valence-corrected chi connectivity index (χ1v) is 7.22. The van der Waals surface area contributed by atoms with Gasteiger partial charge in [-0.1, -0.05) is 6.07 Å². The van der Waals surface area contributed by atoms with E-state index >= 15 is 0 Å². The van der Waals surface area contributed by atoms with Gasteiger partial charge in [-0.3, -0.25) is 4.79 Å². The molecule has 7 heteroatoms. The third kappa shape index (κ3) is 3.04. The van der Waals surface area contributed by atoms with Crippen molar-refractivity contribution in [2.45, 2.75) is 6.92 Å². The monoisotopic (exact) mass is 320 g/mol. The summed E-state index contributed by atoms with van der Waals surface area (Å²) in [5, 5.41) is 3.02. The Bertz CT molecular complexity index is 724. The number of benzene rings is 1. The van der Waals surface area contributed by atoms with Crippen LogP contribution in [0.15, 0.2) is 24.3 Å². The molecule has 22 heavy (non-hydrogen) atoms. The van der Waals surface area contributed by atoms with E-state index in [1.807, 2.05) is 0 Å². The average Bonchev–Trinajstić information content (AvgIpc) is 2.81. The van der Waals surface area contributed by atoms with Crippen molar-refractivity contribution in [3.63, 3.8) is 0 Å². The Morgan fingerprint density at radius 3 is 2.64 bits per heavy atom. The summed E-state index contributed by atoms with van der Waals surface area (Å²) >= 11 is 1.06. The van der Waals surface area contributed by atoms with Gasteiger partial charge in [-0.2, -0.15) is 0 Å². The van der Waals surface area contributed by atoms with Gasteiger partial charge in [0.2, 0.25) is 0 Å². The maximum Gasteiger partial charge on any atom is 0.341 e. The van der Waals surface area contributed by atoms with Gasteiger partial charge in [0.05, 0.1) is 24.7 Å². The molecule has 1 aromatic heterocycles. The van der Waals surface area contributed by atoms with E-state index in [1.165, 1.54) is 7.11 Å². The van der Waals surface area contributed by atoms with Crippen molar-refractivity contribution in [1.82, 2.24) is 0 Å². The number of hydrogen-bond donors (Lipinski definition) is 2. The van der Waals surface area contributed by atoms with E-state index in [2.05, 4.69) is 10.1 Å². The van der Waals surface area contributed by atoms with Crippen molar-refractivity contribution in [3.05, 3.63) is 40.3 Å². The summed E-state index contributed by atoms with van der Waals surface area (Å²) < 4.78 is 9.78. The third-order valence-corrected chi connectivity index (χ3v) is 4.22. The SMILES string of the molecule is COC(=O)c1c(N)sc(C(=O)Nc2cccc(OC)c2)c1C. The third-order valence-electron chi connectivity index (χ3n) is 3.10. The van der Waals surface area contributed by atoms with E-state index in [0.717, 1.165) is 11.3 Å². The molecule has 116 valence electrons. The fourth-order valence-electron chi connectivity index (χ4n) is 2.00. The first-order valence-electron chi connectivity index (χ1n) is 6.40. The predicted molar refractivity (Wildman–Crippen MR) is 85.8 cm³/mol. The number of hydrogen-bond acceptors (Lipinski definition) is 6. The Kier molecular flexibility index (Phi) is 4.67. The number of esters is 1. The Morgan fingerprint density at radius 1 is 1.27 bits per heavy atom. The maximum atomic E-state index is 12.4. The van der Waals surface area contributed by atoms with Crippen molar-refractivity contribution in [1.29, 1.82) is 0 Å². The summed E-state index contributed by atoms with van der Waals surface area (Å²) in [6.07, 6.45) is 0. The molecule has 2 aromatic rings. The van der Waals surface area contributed by atoms with Gasteiger partial charge >= 0.3 is 5.97 Å². The minimum absolute atomic E-state index is 0.239. The highest BCUT2D eigenvalue weighted by Crippen LogP contribution is 2.31. The Morgan fingerprint density at radius 2 is 2.00 bits per heavy atom. The number of rotatable bonds is 4. The van der Waals surface area contributed by atoms with Gasteiger partial charge in [-0.05, 0) is 24.6 Å². The van der Waals surface area contributed by atoms with Gasteiger partial charge in [-0.15, -0.1) is 11.3 Å². The standard InChI is InChI=1S/C15H16N2O4S/c1-8-11(15(19)21-3)13(16)22-12(8)14(18)17-9-5-4-6-10(7-9)20-2/h4-7H,16H2,1-3H3,(H,17,18). The number of ether oxygens (including phenoxy) is 2. The molecule has 2 rings (SSSR count). The van der Waals surface area contributed by atoms with Crippen LogP contribution in [0.1, 0.15) is 25.6 Å². The van der Waals surface area contributed by atoms with Crippen LogP contribution in [0.4, 0.5) is 10.7 Å². The normalized spacial score (nSPS) is 10.1. The lowest BCUT2D eigenvalue weighted by Gasteiger charge is -2.06. The van der Waals surface area contributed by atoms with Crippen LogP contribution in [0.2, 0.25) is 0 Å². The number of thiophene rings is 1. The summed E-state index contributed by atoms with van der Waals surface area (Å²) in [6.45, 7) is 1.67. The fourth-order valence-corrected chi connectivity index (χ4v) is 2.95. The van der Waals surface area contributed by atoms with Crippen molar-refractivity contribution in [2.75, 3.05) is 25.3 Å². The molecule has 0 aliphatic carbocycles. The molecular formula is C15H16N2O4S. The number of carbonyl (C=O) groups is 2. The van der Waals surface area contributed by atoms with Gasteiger partial charge in [-0.25, -0.2) is 4.79 Å². The zero-order valence-corrected chi connectivity index (χ0v) is 13.2. The summed E-state index contributed by atoms with van der Waals surface area (Å²) in [5.74, 6) is -0.250. The second-order valence-electron chi connectivity index (χ2n) is 4.47. The van der Waals surface area contributed by atoms with Crippen LogP contribution in [0, 0.1) is 6.92 Å². The van der Waals surface area contributed by atoms with E-state index < -0.39 is 5.97 Å². The smallest absolute Gasteiger partial charge is 0.341 e. The number of nitrogens with two attached hydrogens (primary N) is 1. The molecule has 0 radical (unpaired) electrons. The number of methoxy groups -OCH3 is 2. The van der Waals surface area contributed by atoms with Crippen LogP contribution in [0.5, 0.6) is 5.75 Å². The summed E-state index contributed by atoms with van der Waals surface area (Å²) in [7, 11) is 2.82. The van der Waals surface area contributed by atoms with Gasteiger partial charge in [0.1, 0.15) is 10.8 Å². The highest BCUT2D eigenvalue weighted by Gasteiger charge is 2.23. The number of carbonyl (C=O) groups excluding carboxylic acids is 2. The molecule has 0 fully saturated rings. The molecule has 0 spiro atoms. The fraction of sp³-hybridized carbons (Fsp3) is 0.200. The van der Waals surface area contributed by atoms with Gasteiger partial charge in [0.15, 0.2) is 0 Å². The van der Waals surface area contributed by atoms with E-state index in [4.69, 9.17) is 10.5 Å². The molecule has 0 aliphatic heterocycles. The lowest BCUT2D eigenvalue weighted by molar-refractivity contribution is 0.0601. The zero-order chi connectivity index (χ0) is 16.3. The molecule has 0 atom stereocenters. The topological polar surface area (TPSA) is 90.7 Å². The average molecular weight is 320 g/mol. The van der Waals surface area contributed by atoms with E-state index in [9.17, 15) is 9.59 Å². The first kappa shape index (κ1) is 15.8. The molecule has 0 unspecified atom stereocenters. The highest BCUT2D eigenvalue weighted by molar-refractivity contribution is 7.18. The Hall–Kier alpha value is -2.54. The summed E-state index contributed by atoms with van der Waals surface area (Å²) in [4.78, 5) is 24.4. The van der Waals surface area contributed by atoms with E-state index in [-0.39, 0.29) is 16.5 Å². The number of anilines is 2. The van der Waals surface area contributed by atoms with Crippen molar-refractivity contribution < 1.29 is 19.1 Å². The van der Waals surface area contributed by atoms with Crippen LogP contribution in [-0.2, 0) is 4.74 Å². The largest absolute Gasteiger partial charge is 0.497 e. The molecule has 0 aliphatic rings. The Balaban J connectivity index is 2.28. The molecule has 0 bridgehead atoms. The van der Waals surface area contributed by atoms with Crippen LogP contribution in [-0.4, -0.2) is 26.1 Å². The van der Waals surface area contributed by atoms with Crippen LogP contribution < -0.4 is 15.8 Å². The molecule has 1 heterocycles. The van der Waals surface area contributed by atoms with E-state index in [1.54, 1.807) is 38.3 Å². The number of amides is 1. The Labute approximate surface area is 131 Å². The van der Waals surface area contributed by atoms with Crippen molar-refractivity contribution >= 4 is 33.9 Å². The van der Waals surface area contributed by atoms with Crippen molar-refractivity contribution in [2.24, 2.45) is 0 Å². The first-order chi connectivity index (χ1) is 10.5. The van der Waals surface area contributed by atoms with E-state index in [0.29, 0.717) is 21.9 Å². The summed E-state index contributed by atoms with van der Waals surface area (Å²) in [6, 6.07) is 6.99. The molecule has 0 saturated carbocycles. The zero-order valence-electron chi connectivity index (χ0n) is 12.4. The molecular weight excluding hydrogens is 304 g/mol. The van der Waals surface area contributed by atoms with Crippen LogP contribution in [0.25, 0.3) is 0 Å². The quantitative estimate of drug-likeness (QED) is 0.845. The van der Waals surface area contributed by atoms with Crippen LogP contribution >= 0.6 is 11.3 Å². The molecule has 6 nitrogen and oxygen atoms in total. The summed E-state index contributed by atoms with van der Waals surface area (Å²) in [5.41, 5.74) is 7.15. The van der Waals surface area contributed by atoms with Crippen molar-refractivity contribution in [3.8, 4) is 5.75 Å². The molecule has 0 saturated heterocycles. The molecule has 1 amide bonds. The maximum absolute atomic E-state index is 12.4. The lowest BCUT2D eigenvalue weighted by atomic mass is 10.1. The van der Waals surface area contributed by atoms with Gasteiger partial charge in [0.25, 0.3) is 5.91 Å². The minimum atomic E-state index is -0.549. The van der Waals surface area contributed by atoms with Gasteiger partial charge < -0.3 is 20.5 Å². The molecule has 1 aromatic carbocycles. The highest BCUT2D eigenvalue weighted by atomic mass is 32.1. The second kappa shape index (κ2) is 6.48. The lowest BCUT2D eigenvalue weighted by Crippen LogP contribution is -2.12. The number of nitrogen functional groups attached to an aromatic ring is 1. The predicted octanol–water partition coefficient (Wildman–Crippen LogP) is 2.69. The number of nitrogens with one attached hydrogen (secondary N) is 1. The molecule has 3 N–H and O–H groups in total. The van der Waals surface area contributed by atoms with Crippen LogP contribution in [0.3, 0.4) is 0 Å². The second-order valence-corrected chi connectivity index (χ2v) is 5.53. The van der Waals surface area contributed by atoms with Gasteiger partial charge in [0, 0.05) is 11.8 Å².